The van der Waals surface area contributed by atoms with Gasteiger partial charge in [0.2, 0.25) is 0 Å². The molecule has 1 aromatic rings. The zero-order valence-electron chi connectivity index (χ0n) is 14.8. The van der Waals surface area contributed by atoms with E-state index in [0.717, 1.165) is 5.70 Å². The Kier molecular flexibility index (Phi) is 4.44. The maximum Gasteiger partial charge on any atom is 0.174 e. The Morgan fingerprint density at radius 1 is 1.31 bits per heavy atom. The molecule has 0 bridgehead atoms. The van der Waals surface area contributed by atoms with Gasteiger partial charge in [-0.25, -0.2) is 0 Å². The van der Waals surface area contributed by atoms with Crippen molar-refractivity contribution in [3.63, 3.8) is 0 Å². The van der Waals surface area contributed by atoms with Crippen molar-refractivity contribution in [3.05, 3.63) is 52.5 Å². The first-order valence-electron chi connectivity index (χ1n) is 8.39. The minimum atomic E-state index is -0.588. The molecule has 1 atom stereocenters. The molecular formula is C20H20N4O2. The Labute approximate surface area is 152 Å². The van der Waals surface area contributed by atoms with Gasteiger partial charge in [0.15, 0.2) is 12.4 Å². The van der Waals surface area contributed by atoms with E-state index >= 15 is 0 Å². The molecule has 3 rings (SSSR count). The van der Waals surface area contributed by atoms with Crippen LogP contribution in [-0.4, -0.2) is 12.4 Å². The molecule has 0 spiro atoms. The molecule has 1 heterocycles. The summed E-state index contributed by atoms with van der Waals surface area (Å²) in [5, 5.41) is 21.6. The lowest BCUT2D eigenvalue weighted by Crippen LogP contribution is -2.39. The SMILES string of the molecule is CC1(C)CC(=O)C2=C(C1)NC(N)=C(C#N)C2c1ccccc1OCC#N. The van der Waals surface area contributed by atoms with Gasteiger partial charge in [0, 0.05) is 23.3 Å². The second kappa shape index (κ2) is 6.57. The van der Waals surface area contributed by atoms with Crippen molar-refractivity contribution in [1.82, 2.24) is 5.32 Å². The lowest BCUT2D eigenvalue weighted by Gasteiger charge is -2.38. The normalized spacial score (nSPS) is 21.4. The van der Waals surface area contributed by atoms with E-state index in [4.69, 9.17) is 15.7 Å². The minimum Gasteiger partial charge on any atom is -0.478 e. The van der Waals surface area contributed by atoms with E-state index < -0.39 is 5.92 Å². The third-order valence-electron chi connectivity index (χ3n) is 4.72. The summed E-state index contributed by atoms with van der Waals surface area (Å²) in [6, 6.07) is 11.2. The van der Waals surface area contributed by atoms with Crippen molar-refractivity contribution < 1.29 is 9.53 Å². The molecule has 6 heteroatoms. The first-order valence-corrected chi connectivity index (χ1v) is 8.39. The summed E-state index contributed by atoms with van der Waals surface area (Å²) in [4.78, 5) is 13.0. The number of Topliss-reactive ketones (excluding diaryl/α,β-unsaturated/α-hetero) is 1. The van der Waals surface area contributed by atoms with Gasteiger partial charge in [-0.05, 0) is 17.9 Å². The van der Waals surface area contributed by atoms with Crippen molar-refractivity contribution in [1.29, 1.82) is 10.5 Å². The quantitative estimate of drug-likeness (QED) is 0.868. The van der Waals surface area contributed by atoms with Crippen LogP contribution in [-0.2, 0) is 4.79 Å². The lowest BCUT2D eigenvalue weighted by molar-refractivity contribution is -0.118. The Balaban J connectivity index is 2.18. The van der Waals surface area contributed by atoms with Gasteiger partial charge in [0.1, 0.15) is 17.6 Å². The number of carbonyl (C=O) groups is 1. The van der Waals surface area contributed by atoms with Crippen LogP contribution in [0.25, 0.3) is 0 Å². The summed E-state index contributed by atoms with van der Waals surface area (Å²) in [5.41, 5.74) is 8.25. The molecule has 1 aromatic carbocycles. The molecule has 132 valence electrons. The fraction of sp³-hybridized carbons (Fsp3) is 0.350. The molecule has 1 aliphatic carbocycles. The van der Waals surface area contributed by atoms with Gasteiger partial charge in [0.05, 0.1) is 17.6 Å². The number of ketones is 1. The van der Waals surface area contributed by atoms with Gasteiger partial charge < -0.3 is 15.8 Å². The van der Waals surface area contributed by atoms with Gasteiger partial charge in [-0.15, -0.1) is 0 Å². The van der Waals surface area contributed by atoms with Crippen molar-refractivity contribution in [2.24, 2.45) is 11.1 Å². The third-order valence-corrected chi connectivity index (χ3v) is 4.72. The molecule has 0 fully saturated rings. The number of allylic oxidation sites excluding steroid dienone is 3. The first kappa shape index (κ1) is 17.6. The van der Waals surface area contributed by atoms with Gasteiger partial charge in [-0.1, -0.05) is 32.0 Å². The van der Waals surface area contributed by atoms with E-state index in [-0.39, 0.29) is 23.6 Å². The number of nitrogens with zero attached hydrogens (tertiary/aromatic N) is 2. The van der Waals surface area contributed by atoms with Crippen LogP contribution in [0.5, 0.6) is 5.75 Å². The fourth-order valence-electron chi connectivity index (χ4n) is 3.71. The maximum atomic E-state index is 13.0. The zero-order valence-corrected chi connectivity index (χ0v) is 14.8. The molecule has 26 heavy (non-hydrogen) atoms. The maximum absolute atomic E-state index is 13.0. The summed E-state index contributed by atoms with van der Waals surface area (Å²) in [5.74, 6) is 0.154. The predicted molar refractivity (Wildman–Crippen MR) is 95.3 cm³/mol. The molecule has 1 aliphatic heterocycles. The fourth-order valence-corrected chi connectivity index (χ4v) is 3.71. The summed E-state index contributed by atoms with van der Waals surface area (Å²) in [6.07, 6.45) is 1.08. The summed E-state index contributed by atoms with van der Waals surface area (Å²) in [6.45, 7) is 3.96. The molecule has 2 aliphatic rings. The summed E-state index contributed by atoms with van der Waals surface area (Å²) >= 11 is 0. The molecule has 0 aromatic heterocycles. The molecule has 0 saturated heterocycles. The highest BCUT2D eigenvalue weighted by Crippen LogP contribution is 2.47. The van der Waals surface area contributed by atoms with Crippen LogP contribution in [0.3, 0.4) is 0 Å². The number of ether oxygens (including phenoxy) is 1. The van der Waals surface area contributed by atoms with Crippen molar-refractivity contribution >= 4 is 5.78 Å². The molecule has 0 amide bonds. The number of dihydropyridines is 1. The second-order valence-corrected chi connectivity index (χ2v) is 7.31. The minimum absolute atomic E-state index is 0.00378. The molecule has 0 radical (unpaired) electrons. The average Bonchev–Trinajstić information content (AvgIpc) is 2.58. The van der Waals surface area contributed by atoms with E-state index in [2.05, 4.69) is 11.4 Å². The highest BCUT2D eigenvalue weighted by molar-refractivity contribution is 6.00. The molecule has 0 saturated carbocycles. The number of nitriles is 2. The molecule has 6 nitrogen and oxygen atoms in total. The number of nitrogens with two attached hydrogens (primary N) is 1. The molecular weight excluding hydrogens is 328 g/mol. The summed E-state index contributed by atoms with van der Waals surface area (Å²) < 4.78 is 5.54. The Bertz CT molecular complexity index is 912. The van der Waals surface area contributed by atoms with E-state index in [0.29, 0.717) is 35.3 Å². The van der Waals surface area contributed by atoms with Crippen LogP contribution in [0.2, 0.25) is 0 Å². The number of benzene rings is 1. The third kappa shape index (κ3) is 3.02. The lowest BCUT2D eigenvalue weighted by atomic mass is 9.69. The number of para-hydroxylation sites is 1. The number of nitrogens with one attached hydrogen (secondary N) is 1. The highest BCUT2D eigenvalue weighted by atomic mass is 16.5. The Morgan fingerprint density at radius 2 is 2.04 bits per heavy atom. The Morgan fingerprint density at radius 3 is 2.73 bits per heavy atom. The highest BCUT2D eigenvalue weighted by Gasteiger charge is 2.42. The van der Waals surface area contributed by atoms with Gasteiger partial charge in [0.25, 0.3) is 0 Å². The molecule has 3 N–H and O–H groups in total. The topological polar surface area (TPSA) is 112 Å². The van der Waals surface area contributed by atoms with E-state index in [9.17, 15) is 10.1 Å². The van der Waals surface area contributed by atoms with E-state index in [1.807, 2.05) is 32.0 Å². The van der Waals surface area contributed by atoms with E-state index in [1.165, 1.54) is 0 Å². The first-order chi connectivity index (χ1) is 12.4. The van der Waals surface area contributed by atoms with Crippen molar-refractivity contribution in [2.45, 2.75) is 32.6 Å². The van der Waals surface area contributed by atoms with Crippen LogP contribution in [0.1, 0.15) is 38.2 Å². The largest absolute Gasteiger partial charge is 0.478 e. The van der Waals surface area contributed by atoms with Gasteiger partial charge in [-0.3, -0.25) is 4.79 Å². The van der Waals surface area contributed by atoms with Crippen molar-refractivity contribution in [3.8, 4) is 17.9 Å². The molecule has 1 unspecified atom stereocenters. The number of hydrogen-bond donors (Lipinski definition) is 2. The van der Waals surface area contributed by atoms with Crippen LogP contribution >= 0.6 is 0 Å². The van der Waals surface area contributed by atoms with Gasteiger partial charge >= 0.3 is 0 Å². The zero-order chi connectivity index (χ0) is 18.9. The number of rotatable bonds is 3. The van der Waals surface area contributed by atoms with Gasteiger partial charge in [-0.2, -0.15) is 10.5 Å². The second-order valence-electron chi connectivity index (χ2n) is 7.31. The number of hydrogen-bond acceptors (Lipinski definition) is 6. The van der Waals surface area contributed by atoms with Crippen LogP contribution in [0, 0.1) is 28.1 Å². The van der Waals surface area contributed by atoms with Crippen LogP contribution in [0.15, 0.2) is 46.9 Å². The van der Waals surface area contributed by atoms with Crippen LogP contribution < -0.4 is 15.8 Å². The van der Waals surface area contributed by atoms with Crippen molar-refractivity contribution in [2.75, 3.05) is 6.61 Å². The summed E-state index contributed by atoms with van der Waals surface area (Å²) in [7, 11) is 0. The smallest absolute Gasteiger partial charge is 0.174 e. The number of carbonyl (C=O) groups excluding carboxylic acids is 1. The van der Waals surface area contributed by atoms with E-state index in [1.54, 1.807) is 12.1 Å². The predicted octanol–water partition coefficient (Wildman–Crippen LogP) is 2.61. The Hall–Kier alpha value is -3.25. The van der Waals surface area contributed by atoms with Crippen LogP contribution in [0.4, 0.5) is 0 Å². The monoisotopic (exact) mass is 348 g/mol. The standard InChI is InChI=1S/C20H20N4O2/c1-20(2)9-14-18(15(25)10-20)17(13(11-22)19(23)24-14)12-5-3-4-6-16(12)26-8-7-21/h3-6,17,24H,8-10,23H2,1-2H3. The average molecular weight is 348 g/mol.